The van der Waals surface area contributed by atoms with Gasteiger partial charge in [0.25, 0.3) is 10.0 Å². The Bertz CT molecular complexity index is 837. The molecule has 2 aromatic rings. The number of rotatable bonds is 6. The molecule has 0 radical (unpaired) electrons. The highest BCUT2D eigenvalue weighted by atomic mass is 32.2. The molecule has 1 fully saturated rings. The van der Waals surface area contributed by atoms with E-state index in [1.54, 1.807) is 10.4 Å². The van der Waals surface area contributed by atoms with E-state index in [1.165, 1.54) is 11.3 Å². The highest BCUT2D eigenvalue weighted by molar-refractivity contribution is 7.91. The number of nitrogens with one attached hydrogen (secondary N) is 1. The van der Waals surface area contributed by atoms with Gasteiger partial charge in [-0.1, -0.05) is 6.42 Å². The lowest BCUT2D eigenvalue weighted by molar-refractivity contribution is 0.347. The van der Waals surface area contributed by atoms with E-state index >= 15 is 0 Å². The van der Waals surface area contributed by atoms with Crippen molar-refractivity contribution >= 4 is 21.4 Å². The molecule has 1 unspecified atom stereocenters. The fourth-order valence-electron chi connectivity index (χ4n) is 3.84. The molecule has 2 aliphatic heterocycles. The van der Waals surface area contributed by atoms with Crippen LogP contribution in [0.4, 0.5) is 0 Å². The van der Waals surface area contributed by atoms with Crippen LogP contribution >= 0.6 is 11.3 Å². The summed E-state index contributed by atoms with van der Waals surface area (Å²) in [7, 11) is -3.30. The highest BCUT2D eigenvalue weighted by Gasteiger charge is 2.27. The molecule has 1 saturated heterocycles. The number of piperidine rings is 1. The van der Waals surface area contributed by atoms with Crippen molar-refractivity contribution in [2.45, 2.75) is 55.3 Å². The van der Waals surface area contributed by atoms with Crippen LogP contribution in [0.2, 0.25) is 0 Å². The Kier molecular flexibility index (Phi) is 5.45. The van der Waals surface area contributed by atoms with Crippen molar-refractivity contribution in [2.24, 2.45) is 0 Å². The van der Waals surface area contributed by atoms with Crippen molar-refractivity contribution in [1.29, 1.82) is 0 Å². The molecule has 1 N–H and O–H groups in total. The van der Waals surface area contributed by atoms with Crippen molar-refractivity contribution < 1.29 is 8.42 Å². The van der Waals surface area contributed by atoms with Gasteiger partial charge in [0, 0.05) is 43.4 Å². The van der Waals surface area contributed by atoms with Gasteiger partial charge in [-0.25, -0.2) is 13.4 Å². The maximum atomic E-state index is 12.7. The number of fused-ring (bicyclic) bond motifs is 1. The van der Waals surface area contributed by atoms with Crippen LogP contribution < -0.4 is 5.32 Å². The van der Waals surface area contributed by atoms with E-state index in [1.807, 2.05) is 18.5 Å². The molecule has 26 heavy (non-hydrogen) atoms. The zero-order chi connectivity index (χ0) is 18.0. The third kappa shape index (κ3) is 3.74. The monoisotopic (exact) mass is 394 g/mol. The molecule has 0 amide bonds. The summed E-state index contributed by atoms with van der Waals surface area (Å²) in [6.07, 6.45) is 10.1. The molecule has 0 aromatic carbocycles. The Hall–Kier alpha value is -1.22. The highest BCUT2D eigenvalue weighted by Crippen LogP contribution is 2.28. The number of aromatic nitrogens is 2. The van der Waals surface area contributed by atoms with Crippen molar-refractivity contribution in [1.82, 2.24) is 19.2 Å². The predicted molar refractivity (Wildman–Crippen MR) is 103 cm³/mol. The van der Waals surface area contributed by atoms with Gasteiger partial charge in [-0.05, 0) is 44.2 Å². The summed E-state index contributed by atoms with van der Waals surface area (Å²) in [4.78, 5) is 5.59. The van der Waals surface area contributed by atoms with Crippen LogP contribution in [0.1, 0.15) is 48.8 Å². The van der Waals surface area contributed by atoms with E-state index in [2.05, 4.69) is 14.9 Å². The summed E-state index contributed by atoms with van der Waals surface area (Å²) < 4.78 is 29.8. The Morgan fingerprint density at radius 2 is 2.00 bits per heavy atom. The molecule has 0 saturated carbocycles. The number of aryl methyl sites for hydroxylation is 1. The molecule has 4 heterocycles. The fourth-order valence-corrected chi connectivity index (χ4v) is 6.87. The van der Waals surface area contributed by atoms with Gasteiger partial charge in [-0.15, -0.1) is 11.3 Å². The Morgan fingerprint density at radius 1 is 1.15 bits per heavy atom. The molecule has 2 aliphatic rings. The Balaban J connectivity index is 1.34. The first-order valence-corrected chi connectivity index (χ1v) is 11.7. The lowest BCUT2D eigenvalue weighted by Crippen LogP contribution is -2.35. The smallest absolute Gasteiger partial charge is 0.252 e. The molecular formula is C18H26N4O2S2. The average molecular weight is 395 g/mol. The molecular weight excluding hydrogens is 368 g/mol. The van der Waals surface area contributed by atoms with Gasteiger partial charge < -0.3 is 9.88 Å². The van der Waals surface area contributed by atoms with Crippen molar-refractivity contribution in [3.8, 4) is 0 Å². The molecule has 8 heteroatoms. The van der Waals surface area contributed by atoms with E-state index in [-0.39, 0.29) is 0 Å². The largest absolute Gasteiger partial charge is 0.334 e. The van der Waals surface area contributed by atoms with Gasteiger partial charge in [-0.2, -0.15) is 4.31 Å². The maximum Gasteiger partial charge on any atom is 0.252 e. The van der Waals surface area contributed by atoms with Gasteiger partial charge in [0.05, 0.1) is 6.04 Å². The lowest BCUT2D eigenvalue weighted by atomic mass is 10.1. The second-order valence-electron chi connectivity index (χ2n) is 7.06. The van der Waals surface area contributed by atoms with Crippen molar-refractivity contribution in [3.63, 3.8) is 0 Å². The van der Waals surface area contributed by atoms with Gasteiger partial charge in [0.2, 0.25) is 0 Å². The minimum Gasteiger partial charge on any atom is -0.334 e. The van der Waals surface area contributed by atoms with Crippen LogP contribution in [-0.4, -0.2) is 41.9 Å². The van der Waals surface area contributed by atoms with Crippen LogP contribution in [0.5, 0.6) is 0 Å². The van der Waals surface area contributed by atoms with Crippen LogP contribution in [0.3, 0.4) is 0 Å². The second kappa shape index (κ2) is 7.80. The predicted octanol–water partition coefficient (Wildman–Crippen LogP) is 2.79. The normalized spacial score (nSPS) is 21.6. The second-order valence-corrected chi connectivity index (χ2v) is 10.4. The van der Waals surface area contributed by atoms with Crippen molar-refractivity contribution in [2.75, 3.05) is 19.6 Å². The number of sulfonamides is 1. The zero-order valence-corrected chi connectivity index (χ0v) is 16.6. The van der Waals surface area contributed by atoms with Gasteiger partial charge in [0.1, 0.15) is 10.0 Å². The minimum absolute atomic E-state index is 0.301. The summed E-state index contributed by atoms with van der Waals surface area (Å²) >= 11 is 1.42. The number of thiophene rings is 1. The molecule has 1 atom stereocenters. The first-order valence-electron chi connectivity index (χ1n) is 9.48. The van der Waals surface area contributed by atoms with E-state index in [4.69, 9.17) is 0 Å². The first kappa shape index (κ1) is 18.2. The third-order valence-corrected chi connectivity index (χ3v) is 8.77. The lowest BCUT2D eigenvalue weighted by Gasteiger charge is -2.25. The molecule has 0 bridgehead atoms. The quantitative estimate of drug-likeness (QED) is 0.818. The molecule has 0 spiro atoms. The third-order valence-electron chi connectivity index (χ3n) is 5.26. The minimum atomic E-state index is -3.30. The molecule has 4 rings (SSSR count). The van der Waals surface area contributed by atoms with Crippen LogP contribution in [-0.2, 0) is 23.0 Å². The number of nitrogens with zero attached hydrogens (tertiary/aromatic N) is 3. The average Bonchev–Trinajstić information content (AvgIpc) is 3.32. The number of hydrogen-bond donors (Lipinski definition) is 1. The molecule has 0 aliphatic carbocycles. The molecule has 2 aromatic heterocycles. The summed E-state index contributed by atoms with van der Waals surface area (Å²) in [5.41, 5.74) is 0. The molecule has 142 valence electrons. The number of hydrogen-bond acceptors (Lipinski definition) is 5. The zero-order valence-electron chi connectivity index (χ0n) is 14.9. The van der Waals surface area contributed by atoms with Gasteiger partial charge in [-0.3, -0.25) is 0 Å². The SMILES string of the molecule is O=S(=O)(c1ccc(CCNC2CCCn3ccnc32)s1)N1CCCCC1. The fraction of sp³-hybridized carbons (Fsp3) is 0.611. The van der Waals surface area contributed by atoms with Crippen molar-refractivity contribution in [3.05, 3.63) is 35.2 Å². The Morgan fingerprint density at radius 3 is 2.85 bits per heavy atom. The maximum absolute atomic E-state index is 12.7. The first-order chi connectivity index (χ1) is 12.6. The Labute approximate surface area is 159 Å². The van der Waals surface area contributed by atoms with E-state index in [0.29, 0.717) is 23.3 Å². The molecule has 6 nitrogen and oxygen atoms in total. The topological polar surface area (TPSA) is 67.2 Å². The van der Waals surface area contributed by atoms with Crippen LogP contribution in [0, 0.1) is 0 Å². The van der Waals surface area contributed by atoms with E-state index in [0.717, 1.165) is 62.3 Å². The summed E-state index contributed by atoms with van der Waals surface area (Å²) in [5.74, 6) is 1.12. The van der Waals surface area contributed by atoms with Crippen LogP contribution in [0.25, 0.3) is 0 Å². The van der Waals surface area contributed by atoms with Crippen LogP contribution in [0.15, 0.2) is 28.7 Å². The van der Waals surface area contributed by atoms with E-state index in [9.17, 15) is 8.42 Å². The number of imidazole rings is 1. The van der Waals surface area contributed by atoms with E-state index < -0.39 is 10.0 Å². The van der Waals surface area contributed by atoms with Gasteiger partial charge >= 0.3 is 0 Å². The summed E-state index contributed by atoms with van der Waals surface area (Å²) in [6.45, 7) is 3.20. The summed E-state index contributed by atoms with van der Waals surface area (Å²) in [5, 5.41) is 3.59. The van der Waals surface area contributed by atoms with Gasteiger partial charge in [0.15, 0.2) is 0 Å². The summed E-state index contributed by atoms with van der Waals surface area (Å²) in [6, 6.07) is 4.04. The standard InChI is InChI=1S/C18H26N4O2S2/c23-26(24,22-12-2-1-3-13-22)17-7-6-15(25-17)8-9-19-16-5-4-11-21-14-10-20-18(16)21/h6-7,10,14,16,19H,1-5,8-9,11-13H2.